The maximum absolute atomic E-state index is 10.1. The van der Waals surface area contributed by atoms with Gasteiger partial charge in [-0.3, -0.25) is 0 Å². The van der Waals surface area contributed by atoms with Crippen molar-refractivity contribution in [3.63, 3.8) is 0 Å². The standard InChI is InChI=1S/C14H13IO/c15-11-10-14-9-5-4-8-13(14)7-3-1-2-6-12-16/h7,9,12H,2,4-6,8H2/b13-7-. The third kappa shape index (κ3) is 4.68. The van der Waals surface area contributed by atoms with Crippen molar-refractivity contribution < 1.29 is 4.79 Å². The van der Waals surface area contributed by atoms with Gasteiger partial charge in [-0.1, -0.05) is 23.8 Å². The van der Waals surface area contributed by atoms with Crippen molar-refractivity contribution in [1.82, 2.24) is 0 Å². The Bertz CT molecular complexity index is 421. The molecule has 1 nitrogen and oxygen atoms in total. The lowest BCUT2D eigenvalue weighted by molar-refractivity contribution is -0.107. The van der Waals surface area contributed by atoms with E-state index in [4.69, 9.17) is 0 Å². The number of carbonyl (C=O) groups is 1. The number of unbranched alkanes of at least 4 members (excludes halogenated alkanes) is 1. The highest BCUT2D eigenvalue weighted by Gasteiger charge is 2.06. The molecule has 0 aromatic carbocycles. The summed E-state index contributed by atoms with van der Waals surface area (Å²) in [5.74, 6) is 9.05. The van der Waals surface area contributed by atoms with Crippen molar-refractivity contribution in [2.24, 2.45) is 0 Å². The zero-order valence-corrected chi connectivity index (χ0v) is 11.2. The van der Waals surface area contributed by atoms with Crippen LogP contribution in [0.25, 0.3) is 0 Å². The van der Waals surface area contributed by atoms with Crippen molar-refractivity contribution in [2.45, 2.75) is 32.1 Å². The molecule has 0 heterocycles. The van der Waals surface area contributed by atoms with Crippen LogP contribution in [-0.4, -0.2) is 6.29 Å². The highest BCUT2D eigenvalue weighted by atomic mass is 127. The van der Waals surface area contributed by atoms with Crippen LogP contribution in [-0.2, 0) is 4.79 Å². The highest BCUT2D eigenvalue weighted by molar-refractivity contribution is 14.1. The first-order valence-electron chi connectivity index (χ1n) is 5.31. The van der Waals surface area contributed by atoms with Crippen molar-refractivity contribution in [1.29, 1.82) is 0 Å². The van der Waals surface area contributed by atoms with Crippen molar-refractivity contribution >= 4 is 28.9 Å². The normalized spacial score (nSPS) is 16.6. The first-order chi connectivity index (χ1) is 7.88. The Hall–Kier alpha value is -1.00. The number of hydrogen-bond donors (Lipinski definition) is 0. The van der Waals surface area contributed by atoms with Crippen molar-refractivity contribution in [3.05, 3.63) is 23.3 Å². The molecule has 0 bridgehead atoms. The molecule has 16 heavy (non-hydrogen) atoms. The minimum atomic E-state index is 0.520. The van der Waals surface area contributed by atoms with E-state index in [9.17, 15) is 4.79 Å². The lowest BCUT2D eigenvalue weighted by Gasteiger charge is -2.10. The van der Waals surface area contributed by atoms with Crippen molar-refractivity contribution in [3.8, 4) is 21.7 Å². The fraction of sp³-hybridized carbons (Fsp3) is 0.357. The van der Waals surface area contributed by atoms with Gasteiger partial charge in [-0.05, 0) is 34.8 Å². The SMILES string of the molecule is O=CCCC#C/C=C1/CCCC=C1C#CI. The van der Waals surface area contributed by atoms with Crippen LogP contribution in [0.15, 0.2) is 23.3 Å². The first-order valence-corrected chi connectivity index (χ1v) is 6.39. The van der Waals surface area contributed by atoms with Crippen LogP contribution in [0.3, 0.4) is 0 Å². The van der Waals surface area contributed by atoms with Gasteiger partial charge >= 0.3 is 0 Å². The molecular formula is C14H13IO. The number of aldehydes is 1. The second-order valence-electron chi connectivity index (χ2n) is 3.43. The van der Waals surface area contributed by atoms with Crippen LogP contribution in [0.1, 0.15) is 32.1 Å². The molecule has 1 rings (SSSR count). The van der Waals surface area contributed by atoms with Gasteiger partial charge in [0.25, 0.3) is 0 Å². The summed E-state index contributed by atoms with van der Waals surface area (Å²) >= 11 is 2.05. The summed E-state index contributed by atoms with van der Waals surface area (Å²) in [4.78, 5) is 10.1. The van der Waals surface area contributed by atoms with Gasteiger partial charge in [0.05, 0.1) is 0 Å². The van der Waals surface area contributed by atoms with E-state index in [0.29, 0.717) is 12.8 Å². The van der Waals surface area contributed by atoms with Crippen molar-refractivity contribution in [2.75, 3.05) is 0 Å². The minimum Gasteiger partial charge on any atom is -0.303 e. The van der Waals surface area contributed by atoms with Gasteiger partial charge in [0.1, 0.15) is 6.29 Å². The van der Waals surface area contributed by atoms with Gasteiger partial charge in [-0.25, -0.2) is 0 Å². The monoisotopic (exact) mass is 324 g/mol. The zero-order valence-electron chi connectivity index (χ0n) is 9.05. The second kappa shape index (κ2) is 8.19. The predicted octanol–water partition coefficient (Wildman–Crippen LogP) is 3.40. The third-order valence-corrected chi connectivity index (χ3v) is 2.53. The Balaban J connectivity index is 2.67. The molecule has 0 amide bonds. The maximum atomic E-state index is 10.1. The van der Waals surface area contributed by atoms with E-state index in [1.165, 1.54) is 12.0 Å². The molecule has 0 aromatic rings. The van der Waals surface area contributed by atoms with E-state index in [1.54, 1.807) is 0 Å². The van der Waals surface area contributed by atoms with E-state index in [1.807, 2.05) is 6.08 Å². The highest BCUT2D eigenvalue weighted by Crippen LogP contribution is 2.23. The molecule has 1 aliphatic rings. The first kappa shape index (κ1) is 13.1. The summed E-state index contributed by atoms with van der Waals surface area (Å²) in [6.07, 6.45) is 9.52. The van der Waals surface area contributed by atoms with Crippen LogP contribution >= 0.6 is 22.6 Å². The van der Waals surface area contributed by atoms with E-state index >= 15 is 0 Å². The van der Waals surface area contributed by atoms with Gasteiger partial charge in [-0.15, -0.1) is 0 Å². The Morgan fingerprint density at radius 2 is 2.38 bits per heavy atom. The van der Waals surface area contributed by atoms with E-state index in [0.717, 1.165) is 24.7 Å². The molecule has 0 saturated carbocycles. The van der Waals surface area contributed by atoms with E-state index < -0.39 is 0 Å². The van der Waals surface area contributed by atoms with Crippen LogP contribution in [0.4, 0.5) is 0 Å². The smallest absolute Gasteiger partial charge is 0.120 e. The summed E-state index contributed by atoms with van der Waals surface area (Å²) in [5, 5.41) is 0. The van der Waals surface area contributed by atoms with Crippen LogP contribution in [0.2, 0.25) is 0 Å². The summed E-state index contributed by atoms with van der Waals surface area (Å²) in [7, 11) is 0. The fourth-order valence-electron chi connectivity index (χ4n) is 1.48. The molecule has 0 unspecified atom stereocenters. The largest absolute Gasteiger partial charge is 0.303 e. The molecule has 0 aromatic heterocycles. The molecule has 1 aliphatic carbocycles. The summed E-state index contributed by atoms with van der Waals surface area (Å²) in [6.45, 7) is 0. The van der Waals surface area contributed by atoms with Gasteiger partial charge < -0.3 is 4.79 Å². The van der Waals surface area contributed by atoms with Crippen LogP contribution < -0.4 is 0 Å². The van der Waals surface area contributed by atoms with E-state index in [2.05, 4.69) is 50.4 Å². The summed E-state index contributed by atoms with van der Waals surface area (Å²) < 4.78 is 2.89. The lowest BCUT2D eigenvalue weighted by Crippen LogP contribution is -1.94. The molecule has 0 spiro atoms. The average molecular weight is 324 g/mol. The van der Waals surface area contributed by atoms with Gasteiger partial charge in [0.15, 0.2) is 0 Å². The minimum absolute atomic E-state index is 0.520. The molecule has 0 N–H and O–H groups in total. The molecule has 0 atom stereocenters. The van der Waals surface area contributed by atoms with Gasteiger partial charge in [0.2, 0.25) is 0 Å². The predicted molar refractivity (Wildman–Crippen MR) is 74.9 cm³/mol. The maximum Gasteiger partial charge on any atom is 0.120 e. The average Bonchev–Trinajstić information content (AvgIpc) is 2.31. The van der Waals surface area contributed by atoms with Gasteiger partial charge in [0, 0.05) is 41.0 Å². The summed E-state index contributed by atoms with van der Waals surface area (Å²) in [5.41, 5.74) is 2.35. The number of rotatable bonds is 2. The number of allylic oxidation sites excluding steroid dienone is 4. The van der Waals surface area contributed by atoms with Crippen LogP contribution in [0, 0.1) is 21.7 Å². The molecule has 0 radical (unpaired) electrons. The second-order valence-corrected chi connectivity index (χ2v) is 3.96. The Morgan fingerprint density at radius 3 is 3.12 bits per heavy atom. The summed E-state index contributed by atoms with van der Waals surface area (Å²) in [6, 6.07) is 0. The molecular weight excluding hydrogens is 311 g/mol. The Morgan fingerprint density at radius 1 is 1.50 bits per heavy atom. The fourth-order valence-corrected chi connectivity index (χ4v) is 1.77. The molecule has 0 aliphatic heterocycles. The third-order valence-electron chi connectivity index (χ3n) is 2.26. The van der Waals surface area contributed by atoms with Gasteiger partial charge in [-0.2, -0.15) is 0 Å². The lowest BCUT2D eigenvalue weighted by atomic mass is 9.94. The number of carbonyl (C=O) groups excluding carboxylic acids is 1. The number of halogens is 1. The Labute approximate surface area is 111 Å². The molecule has 2 heteroatoms. The molecule has 82 valence electrons. The molecule has 0 fully saturated rings. The topological polar surface area (TPSA) is 17.1 Å². The van der Waals surface area contributed by atoms with Crippen LogP contribution in [0.5, 0.6) is 0 Å². The zero-order chi connectivity index (χ0) is 11.6. The number of hydrogen-bond acceptors (Lipinski definition) is 1. The molecule has 0 saturated heterocycles. The van der Waals surface area contributed by atoms with E-state index in [-0.39, 0.29) is 0 Å². The quantitative estimate of drug-likeness (QED) is 0.329. The Kier molecular flexibility index (Phi) is 6.69.